The Labute approximate surface area is 118 Å². The minimum atomic E-state index is -0.358. The summed E-state index contributed by atoms with van der Waals surface area (Å²) in [5.41, 5.74) is 8.41. The lowest BCUT2D eigenvalue weighted by Crippen LogP contribution is -2.38. The van der Waals surface area contributed by atoms with Crippen molar-refractivity contribution >= 4 is 22.8 Å². The van der Waals surface area contributed by atoms with Crippen molar-refractivity contribution in [3.05, 3.63) is 53.1 Å². The van der Waals surface area contributed by atoms with E-state index < -0.39 is 0 Å². The first-order valence-electron chi connectivity index (χ1n) is 6.77. The standard InChI is InChI=1S/C17H18N2O/c1-11-6-4-9-14-12(7-5-8-13(11)14)10-15-16(20)18-19-17(15,2)3/h4-10,19H,1-3H3,(H,18,20)/b15-10+. The van der Waals surface area contributed by atoms with E-state index in [4.69, 9.17) is 0 Å². The summed E-state index contributed by atoms with van der Waals surface area (Å²) in [6.07, 6.45) is 1.98. The largest absolute Gasteiger partial charge is 0.287 e. The molecule has 3 rings (SSSR count). The fourth-order valence-electron chi connectivity index (χ4n) is 2.65. The van der Waals surface area contributed by atoms with Crippen LogP contribution < -0.4 is 10.9 Å². The van der Waals surface area contributed by atoms with Gasteiger partial charge >= 0.3 is 0 Å². The highest BCUT2D eigenvalue weighted by atomic mass is 16.2. The molecule has 1 aliphatic heterocycles. The average molecular weight is 266 g/mol. The molecule has 0 bridgehead atoms. The number of aryl methyl sites for hydroxylation is 1. The second-order valence-corrected chi connectivity index (χ2v) is 5.78. The molecule has 0 aromatic heterocycles. The first kappa shape index (κ1) is 12.9. The van der Waals surface area contributed by atoms with Crippen LogP contribution in [0, 0.1) is 6.92 Å². The molecule has 1 fully saturated rings. The average Bonchev–Trinajstić information content (AvgIpc) is 2.67. The Bertz CT molecular complexity index is 729. The quantitative estimate of drug-likeness (QED) is 0.779. The highest BCUT2D eigenvalue weighted by molar-refractivity contribution is 6.04. The van der Waals surface area contributed by atoms with Crippen LogP contribution in [0.4, 0.5) is 0 Å². The summed E-state index contributed by atoms with van der Waals surface area (Å²) >= 11 is 0. The molecule has 0 unspecified atom stereocenters. The van der Waals surface area contributed by atoms with E-state index in [9.17, 15) is 4.79 Å². The van der Waals surface area contributed by atoms with E-state index >= 15 is 0 Å². The van der Waals surface area contributed by atoms with Gasteiger partial charge < -0.3 is 0 Å². The monoisotopic (exact) mass is 266 g/mol. The molecule has 20 heavy (non-hydrogen) atoms. The maximum Gasteiger partial charge on any atom is 0.263 e. The molecule has 3 heteroatoms. The molecule has 1 heterocycles. The summed E-state index contributed by atoms with van der Waals surface area (Å²) in [5, 5.41) is 2.40. The summed E-state index contributed by atoms with van der Waals surface area (Å²) < 4.78 is 0. The van der Waals surface area contributed by atoms with Gasteiger partial charge in [-0.2, -0.15) is 0 Å². The fraction of sp³-hybridized carbons (Fsp3) is 0.235. The number of carbonyl (C=O) groups excluding carboxylic acids is 1. The van der Waals surface area contributed by atoms with Gasteiger partial charge in [0.15, 0.2) is 0 Å². The number of rotatable bonds is 1. The Balaban J connectivity index is 2.21. The molecule has 0 spiro atoms. The summed E-state index contributed by atoms with van der Waals surface area (Å²) in [6, 6.07) is 12.5. The van der Waals surface area contributed by atoms with Crippen molar-refractivity contribution in [3.63, 3.8) is 0 Å². The van der Waals surface area contributed by atoms with Crippen LogP contribution in [0.15, 0.2) is 42.0 Å². The zero-order valence-corrected chi connectivity index (χ0v) is 11.9. The lowest BCUT2D eigenvalue weighted by molar-refractivity contribution is -0.116. The van der Waals surface area contributed by atoms with Crippen LogP contribution in [0.5, 0.6) is 0 Å². The van der Waals surface area contributed by atoms with Crippen molar-refractivity contribution in [2.45, 2.75) is 26.3 Å². The van der Waals surface area contributed by atoms with Gasteiger partial charge in [-0.15, -0.1) is 0 Å². The molecule has 2 N–H and O–H groups in total. The molecular weight excluding hydrogens is 248 g/mol. The number of amides is 1. The van der Waals surface area contributed by atoms with Crippen molar-refractivity contribution in [3.8, 4) is 0 Å². The summed E-state index contributed by atoms with van der Waals surface area (Å²) in [6.45, 7) is 6.09. The molecule has 1 amide bonds. The summed E-state index contributed by atoms with van der Waals surface area (Å²) in [5.74, 6) is -0.0559. The van der Waals surface area contributed by atoms with Gasteiger partial charge in [-0.05, 0) is 48.7 Å². The summed E-state index contributed by atoms with van der Waals surface area (Å²) in [7, 11) is 0. The van der Waals surface area contributed by atoms with Crippen molar-refractivity contribution < 1.29 is 4.79 Å². The minimum Gasteiger partial charge on any atom is -0.287 e. The van der Waals surface area contributed by atoms with E-state index in [1.807, 2.05) is 26.0 Å². The smallest absolute Gasteiger partial charge is 0.263 e. The van der Waals surface area contributed by atoms with E-state index in [1.165, 1.54) is 16.3 Å². The molecular formula is C17H18N2O. The second-order valence-electron chi connectivity index (χ2n) is 5.78. The van der Waals surface area contributed by atoms with Gasteiger partial charge in [-0.1, -0.05) is 36.4 Å². The molecule has 3 nitrogen and oxygen atoms in total. The number of carbonyl (C=O) groups is 1. The maximum absolute atomic E-state index is 12.0. The molecule has 0 atom stereocenters. The lowest BCUT2D eigenvalue weighted by atomic mass is 9.92. The van der Waals surface area contributed by atoms with Crippen LogP contribution in [0.25, 0.3) is 16.8 Å². The van der Waals surface area contributed by atoms with Gasteiger partial charge in [0.1, 0.15) is 0 Å². The van der Waals surface area contributed by atoms with Gasteiger partial charge in [0.2, 0.25) is 0 Å². The predicted octanol–water partition coefficient (Wildman–Crippen LogP) is 2.94. The van der Waals surface area contributed by atoms with E-state index in [2.05, 4.69) is 48.1 Å². The number of hydrogen-bond acceptors (Lipinski definition) is 2. The molecule has 0 aliphatic carbocycles. The van der Waals surface area contributed by atoms with E-state index in [0.29, 0.717) is 0 Å². The van der Waals surface area contributed by atoms with Crippen molar-refractivity contribution in [2.75, 3.05) is 0 Å². The molecule has 2 aromatic carbocycles. The van der Waals surface area contributed by atoms with Gasteiger partial charge in [-0.25, -0.2) is 5.43 Å². The molecule has 0 radical (unpaired) electrons. The number of benzene rings is 2. The van der Waals surface area contributed by atoms with Crippen molar-refractivity contribution in [2.24, 2.45) is 0 Å². The third-order valence-electron chi connectivity index (χ3n) is 3.88. The summed E-state index contributed by atoms with van der Waals surface area (Å²) in [4.78, 5) is 12.0. The second kappa shape index (κ2) is 4.46. The van der Waals surface area contributed by atoms with E-state index in [-0.39, 0.29) is 11.4 Å². The number of fused-ring (bicyclic) bond motifs is 1. The van der Waals surface area contributed by atoms with Gasteiger partial charge in [-0.3, -0.25) is 10.2 Å². The zero-order valence-electron chi connectivity index (χ0n) is 11.9. The number of hydrazine groups is 1. The van der Waals surface area contributed by atoms with Crippen molar-refractivity contribution in [1.82, 2.24) is 10.9 Å². The molecule has 102 valence electrons. The van der Waals surface area contributed by atoms with Crippen LogP contribution in [0.1, 0.15) is 25.0 Å². The third-order valence-corrected chi connectivity index (χ3v) is 3.88. The first-order valence-corrected chi connectivity index (χ1v) is 6.77. The van der Waals surface area contributed by atoms with Gasteiger partial charge in [0.25, 0.3) is 5.91 Å². The Kier molecular flexibility index (Phi) is 2.87. The van der Waals surface area contributed by atoms with Crippen LogP contribution in [-0.4, -0.2) is 11.4 Å². The molecule has 2 aromatic rings. The van der Waals surface area contributed by atoms with E-state index in [1.54, 1.807) is 0 Å². The van der Waals surface area contributed by atoms with Crippen LogP contribution in [0.2, 0.25) is 0 Å². The SMILES string of the molecule is Cc1cccc2c(/C=C3\C(=O)NNC3(C)C)cccc12. The van der Waals surface area contributed by atoms with Crippen LogP contribution >= 0.6 is 0 Å². The van der Waals surface area contributed by atoms with Crippen LogP contribution in [-0.2, 0) is 4.79 Å². The predicted molar refractivity (Wildman–Crippen MR) is 82.0 cm³/mol. The highest BCUT2D eigenvalue weighted by Crippen LogP contribution is 2.27. The zero-order chi connectivity index (χ0) is 14.3. The van der Waals surface area contributed by atoms with Gasteiger partial charge in [0.05, 0.1) is 5.54 Å². The Morgan fingerprint density at radius 1 is 1.05 bits per heavy atom. The fourth-order valence-corrected chi connectivity index (χ4v) is 2.65. The Hall–Kier alpha value is -2.13. The number of nitrogens with one attached hydrogen (secondary N) is 2. The normalized spacial score (nSPS) is 19.6. The topological polar surface area (TPSA) is 41.1 Å². The lowest BCUT2D eigenvalue weighted by Gasteiger charge is -2.17. The van der Waals surface area contributed by atoms with Crippen LogP contribution in [0.3, 0.4) is 0 Å². The molecule has 1 aliphatic rings. The first-order chi connectivity index (χ1) is 9.49. The molecule has 0 saturated carbocycles. The van der Waals surface area contributed by atoms with Gasteiger partial charge in [0, 0.05) is 5.57 Å². The third kappa shape index (κ3) is 2.00. The van der Waals surface area contributed by atoms with E-state index in [0.717, 1.165) is 11.1 Å². The molecule has 1 saturated heterocycles. The Morgan fingerprint density at radius 2 is 1.75 bits per heavy atom. The van der Waals surface area contributed by atoms with Crippen molar-refractivity contribution in [1.29, 1.82) is 0 Å². The highest BCUT2D eigenvalue weighted by Gasteiger charge is 2.34. The number of hydrogen-bond donors (Lipinski definition) is 2. The maximum atomic E-state index is 12.0. The Morgan fingerprint density at radius 3 is 2.45 bits per heavy atom. The minimum absolute atomic E-state index is 0.0559.